The molecule has 0 bridgehead atoms. The molecular weight excluding hydrogens is 436 g/mol. The third kappa shape index (κ3) is 5.53. The van der Waals surface area contributed by atoms with E-state index in [1.807, 2.05) is 30.5 Å². The Balaban J connectivity index is 1.64. The van der Waals surface area contributed by atoms with Crippen LogP contribution in [0.3, 0.4) is 0 Å². The molecule has 0 spiro atoms. The number of nitrogens with one attached hydrogen (secondary N) is 1. The average molecular weight is 465 g/mol. The predicted octanol–water partition coefficient (Wildman–Crippen LogP) is 3.19. The number of methoxy groups -OCH3 is 1. The van der Waals surface area contributed by atoms with Crippen molar-refractivity contribution < 1.29 is 22.7 Å². The standard InChI is InChI=1S/C22H28N2O5S2/c1-15-6-7-20(16(2)13-15)31(27,28)24-10-8-17(9-11-24)22(26)23-18(14-21(25)29-3)19-5-4-12-30-19/h4-7,12-13,17-18H,8-11,14H2,1-3H3,(H,23,26). The number of piperidine rings is 1. The van der Waals surface area contributed by atoms with Crippen LogP contribution in [0.5, 0.6) is 0 Å². The molecule has 1 saturated heterocycles. The molecule has 0 saturated carbocycles. The van der Waals surface area contributed by atoms with E-state index in [1.54, 1.807) is 19.1 Å². The van der Waals surface area contributed by atoms with Gasteiger partial charge in [0, 0.05) is 23.9 Å². The van der Waals surface area contributed by atoms with Crippen LogP contribution in [-0.4, -0.2) is 44.8 Å². The van der Waals surface area contributed by atoms with Crippen LogP contribution in [0.25, 0.3) is 0 Å². The van der Waals surface area contributed by atoms with Crippen LogP contribution < -0.4 is 5.32 Å². The molecule has 9 heteroatoms. The zero-order valence-corrected chi connectivity index (χ0v) is 19.6. The monoisotopic (exact) mass is 464 g/mol. The van der Waals surface area contributed by atoms with Crippen molar-refractivity contribution in [3.05, 3.63) is 51.7 Å². The minimum absolute atomic E-state index is 0.0582. The minimum Gasteiger partial charge on any atom is -0.469 e. The average Bonchev–Trinajstić information content (AvgIpc) is 3.27. The van der Waals surface area contributed by atoms with E-state index in [0.29, 0.717) is 17.7 Å². The van der Waals surface area contributed by atoms with Crippen LogP contribution in [0.1, 0.15) is 41.3 Å². The zero-order valence-electron chi connectivity index (χ0n) is 18.0. The van der Waals surface area contributed by atoms with E-state index in [4.69, 9.17) is 4.74 Å². The summed E-state index contributed by atoms with van der Waals surface area (Å²) in [7, 11) is -2.27. The summed E-state index contributed by atoms with van der Waals surface area (Å²) in [6.07, 6.45) is 0.930. The lowest BCUT2D eigenvalue weighted by Gasteiger charge is -2.31. The van der Waals surface area contributed by atoms with Crippen LogP contribution in [-0.2, 0) is 24.3 Å². The summed E-state index contributed by atoms with van der Waals surface area (Å²) in [6, 6.07) is 8.60. The maximum absolute atomic E-state index is 13.1. The maximum Gasteiger partial charge on any atom is 0.307 e. The Morgan fingerprint density at radius 1 is 1.23 bits per heavy atom. The normalized spacial score (nSPS) is 16.6. The van der Waals surface area contributed by atoms with Gasteiger partial charge < -0.3 is 10.1 Å². The van der Waals surface area contributed by atoms with Crippen molar-refractivity contribution in [3.8, 4) is 0 Å². The molecule has 7 nitrogen and oxygen atoms in total. The summed E-state index contributed by atoms with van der Waals surface area (Å²) in [5.41, 5.74) is 1.74. The Bertz CT molecular complexity index is 1030. The lowest BCUT2D eigenvalue weighted by Crippen LogP contribution is -2.44. The Labute approximate surface area is 187 Å². The SMILES string of the molecule is COC(=O)CC(NC(=O)C1CCN(S(=O)(=O)c2ccc(C)cc2C)CC1)c1cccs1. The molecule has 2 heterocycles. The molecule has 168 valence electrons. The van der Waals surface area contributed by atoms with Crippen LogP contribution in [0.4, 0.5) is 0 Å². The molecule has 0 aliphatic carbocycles. The van der Waals surface area contributed by atoms with Gasteiger partial charge >= 0.3 is 5.97 Å². The van der Waals surface area contributed by atoms with Crippen molar-refractivity contribution in [1.82, 2.24) is 9.62 Å². The Hall–Kier alpha value is -2.23. The highest BCUT2D eigenvalue weighted by atomic mass is 32.2. The fraction of sp³-hybridized carbons (Fsp3) is 0.455. The second-order valence-electron chi connectivity index (χ2n) is 7.80. The fourth-order valence-corrected chi connectivity index (χ4v) is 6.29. The topological polar surface area (TPSA) is 92.8 Å². The summed E-state index contributed by atoms with van der Waals surface area (Å²) in [6.45, 7) is 4.30. The van der Waals surface area contributed by atoms with Crippen LogP contribution >= 0.6 is 11.3 Å². The number of carbonyl (C=O) groups is 2. The van der Waals surface area contributed by atoms with Crippen molar-refractivity contribution in [1.29, 1.82) is 0 Å². The van der Waals surface area contributed by atoms with Gasteiger partial charge in [0.15, 0.2) is 0 Å². The van der Waals surface area contributed by atoms with Crippen LogP contribution in [0.15, 0.2) is 40.6 Å². The van der Waals surface area contributed by atoms with Crippen molar-refractivity contribution in [2.45, 2.75) is 44.0 Å². The van der Waals surface area contributed by atoms with Crippen molar-refractivity contribution in [2.75, 3.05) is 20.2 Å². The first-order valence-electron chi connectivity index (χ1n) is 10.2. The Kier molecular flexibility index (Phi) is 7.51. The molecule has 1 aliphatic heterocycles. The van der Waals surface area contributed by atoms with Gasteiger partial charge in [-0.15, -0.1) is 11.3 Å². The van der Waals surface area contributed by atoms with Gasteiger partial charge in [-0.05, 0) is 49.8 Å². The Morgan fingerprint density at radius 2 is 1.94 bits per heavy atom. The summed E-state index contributed by atoms with van der Waals surface area (Å²) >= 11 is 1.47. The molecule has 1 amide bonds. The number of esters is 1. The zero-order chi connectivity index (χ0) is 22.6. The van der Waals surface area contributed by atoms with E-state index in [2.05, 4.69) is 5.32 Å². The van der Waals surface area contributed by atoms with E-state index in [-0.39, 0.29) is 31.3 Å². The first kappa shape index (κ1) is 23.4. The van der Waals surface area contributed by atoms with Crippen molar-refractivity contribution >= 4 is 33.2 Å². The molecule has 1 atom stereocenters. The summed E-state index contributed by atoms with van der Waals surface area (Å²) < 4.78 is 32.3. The summed E-state index contributed by atoms with van der Waals surface area (Å²) in [5, 5.41) is 4.85. The molecule has 1 aliphatic rings. The van der Waals surface area contributed by atoms with E-state index in [1.165, 1.54) is 22.8 Å². The highest BCUT2D eigenvalue weighted by molar-refractivity contribution is 7.89. The van der Waals surface area contributed by atoms with Gasteiger partial charge in [0.1, 0.15) is 0 Å². The van der Waals surface area contributed by atoms with E-state index in [0.717, 1.165) is 16.0 Å². The van der Waals surface area contributed by atoms with Gasteiger partial charge in [-0.2, -0.15) is 4.31 Å². The van der Waals surface area contributed by atoms with E-state index in [9.17, 15) is 18.0 Å². The molecule has 1 fully saturated rings. The van der Waals surface area contributed by atoms with Gasteiger partial charge in [0.2, 0.25) is 15.9 Å². The number of ether oxygens (including phenoxy) is 1. The number of rotatable bonds is 7. The molecule has 1 aromatic carbocycles. The molecule has 1 N–H and O–H groups in total. The summed E-state index contributed by atoms with van der Waals surface area (Å²) in [4.78, 5) is 25.8. The Morgan fingerprint density at radius 3 is 2.52 bits per heavy atom. The first-order valence-corrected chi connectivity index (χ1v) is 12.5. The lowest BCUT2D eigenvalue weighted by atomic mass is 9.96. The number of hydrogen-bond acceptors (Lipinski definition) is 6. The number of carbonyl (C=O) groups excluding carboxylic acids is 2. The molecule has 3 rings (SSSR count). The van der Waals surface area contributed by atoms with Gasteiger partial charge in [-0.3, -0.25) is 9.59 Å². The second-order valence-corrected chi connectivity index (χ2v) is 10.7. The highest BCUT2D eigenvalue weighted by Crippen LogP contribution is 2.28. The number of benzene rings is 1. The summed E-state index contributed by atoms with van der Waals surface area (Å²) in [5.74, 6) is -0.857. The minimum atomic E-state index is -3.59. The molecule has 31 heavy (non-hydrogen) atoms. The number of amides is 1. The molecule has 1 aromatic heterocycles. The fourth-order valence-electron chi connectivity index (χ4n) is 3.84. The van der Waals surface area contributed by atoms with E-state index < -0.39 is 22.0 Å². The predicted molar refractivity (Wildman–Crippen MR) is 119 cm³/mol. The van der Waals surface area contributed by atoms with Crippen LogP contribution in [0, 0.1) is 19.8 Å². The highest BCUT2D eigenvalue weighted by Gasteiger charge is 2.33. The van der Waals surface area contributed by atoms with Gasteiger partial charge in [-0.25, -0.2) is 8.42 Å². The molecule has 2 aromatic rings. The van der Waals surface area contributed by atoms with Gasteiger partial charge in [0.25, 0.3) is 0 Å². The number of aryl methyl sites for hydroxylation is 2. The lowest BCUT2D eigenvalue weighted by molar-refractivity contribution is -0.141. The number of thiophene rings is 1. The number of hydrogen-bond donors (Lipinski definition) is 1. The largest absolute Gasteiger partial charge is 0.469 e. The van der Waals surface area contributed by atoms with Gasteiger partial charge in [-0.1, -0.05) is 23.8 Å². The number of sulfonamides is 1. The third-order valence-electron chi connectivity index (χ3n) is 5.57. The second kappa shape index (κ2) is 9.93. The first-order chi connectivity index (χ1) is 14.7. The molecule has 1 unspecified atom stereocenters. The maximum atomic E-state index is 13.1. The smallest absolute Gasteiger partial charge is 0.307 e. The molecular formula is C22H28N2O5S2. The van der Waals surface area contributed by atoms with Crippen LogP contribution in [0.2, 0.25) is 0 Å². The third-order valence-corrected chi connectivity index (χ3v) is 8.62. The quantitative estimate of drug-likeness (QED) is 0.636. The molecule has 0 radical (unpaired) electrons. The van der Waals surface area contributed by atoms with Crippen molar-refractivity contribution in [2.24, 2.45) is 5.92 Å². The number of nitrogens with zero attached hydrogens (tertiary/aromatic N) is 1. The van der Waals surface area contributed by atoms with Gasteiger partial charge in [0.05, 0.1) is 24.5 Å². The van der Waals surface area contributed by atoms with E-state index >= 15 is 0 Å². The van der Waals surface area contributed by atoms with Crippen molar-refractivity contribution in [3.63, 3.8) is 0 Å².